The monoisotopic (exact) mass is 323 g/mol. The Hall–Kier alpha value is -1.95. The molecule has 1 N–H and O–H groups in total. The van der Waals surface area contributed by atoms with Gasteiger partial charge in [0.25, 0.3) is 5.91 Å². The third-order valence-electron chi connectivity index (χ3n) is 4.31. The van der Waals surface area contributed by atoms with E-state index < -0.39 is 0 Å². The summed E-state index contributed by atoms with van der Waals surface area (Å²) in [4.78, 5) is 12.8. The topological polar surface area (TPSA) is 66.0 Å². The van der Waals surface area contributed by atoms with Crippen molar-refractivity contribution in [2.45, 2.75) is 31.2 Å². The van der Waals surface area contributed by atoms with Crippen LogP contribution in [-0.4, -0.2) is 46.5 Å². The Bertz CT molecular complexity index is 552. The van der Waals surface area contributed by atoms with Gasteiger partial charge in [0, 0.05) is 7.11 Å². The molecule has 0 radical (unpaired) electrons. The molecule has 128 valence electrons. The smallest absolute Gasteiger partial charge is 0.255 e. The number of rotatable bonds is 7. The van der Waals surface area contributed by atoms with Gasteiger partial charge in [0.2, 0.25) is 5.75 Å². The Morgan fingerprint density at radius 3 is 2.22 bits per heavy atom. The van der Waals surface area contributed by atoms with Gasteiger partial charge >= 0.3 is 0 Å². The van der Waals surface area contributed by atoms with Crippen LogP contribution in [-0.2, 0) is 4.74 Å². The molecule has 0 heterocycles. The van der Waals surface area contributed by atoms with Gasteiger partial charge in [0.05, 0.1) is 39.0 Å². The van der Waals surface area contributed by atoms with Crippen LogP contribution >= 0.6 is 0 Å². The lowest BCUT2D eigenvalue weighted by molar-refractivity contribution is 0.0764. The maximum absolute atomic E-state index is 12.8. The molecular formula is C17H25NO5. The summed E-state index contributed by atoms with van der Waals surface area (Å²) in [5.41, 5.74) is 0.122. The Kier molecular flexibility index (Phi) is 5.71. The second-order valence-corrected chi connectivity index (χ2v) is 5.76. The largest absolute Gasteiger partial charge is 0.493 e. The molecule has 6 heteroatoms. The molecule has 1 aliphatic rings. The first kappa shape index (κ1) is 17.4. The van der Waals surface area contributed by atoms with E-state index in [1.54, 1.807) is 26.4 Å². The number of carbonyl (C=O) groups excluding carboxylic acids is 1. The predicted molar refractivity (Wildman–Crippen MR) is 86.6 cm³/mol. The zero-order valence-electron chi connectivity index (χ0n) is 14.2. The van der Waals surface area contributed by atoms with Gasteiger partial charge in [0.15, 0.2) is 11.5 Å². The zero-order chi connectivity index (χ0) is 16.9. The van der Waals surface area contributed by atoms with Gasteiger partial charge in [-0.1, -0.05) is 12.8 Å². The summed E-state index contributed by atoms with van der Waals surface area (Å²) >= 11 is 0. The SMILES string of the molecule is COCC1(NC(=O)c2ccc(OC)c(OC)c2OC)CCCC1. The molecule has 0 saturated heterocycles. The number of ether oxygens (including phenoxy) is 4. The molecule has 1 fully saturated rings. The van der Waals surface area contributed by atoms with Gasteiger partial charge in [0.1, 0.15) is 0 Å². The van der Waals surface area contributed by atoms with Gasteiger partial charge in [-0.3, -0.25) is 4.79 Å². The van der Waals surface area contributed by atoms with Gasteiger partial charge in [-0.15, -0.1) is 0 Å². The van der Waals surface area contributed by atoms with Crippen LogP contribution in [0.4, 0.5) is 0 Å². The second-order valence-electron chi connectivity index (χ2n) is 5.76. The van der Waals surface area contributed by atoms with E-state index in [4.69, 9.17) is 18.9 Å². The molecule has 1 amide bonds. The van der Waals surface area contributed by atoms with Crippen LogP contribution in [0.2, 0.25) is 0 Å². The van der Waals surface area contributed by atoms with E-state index in [0.29, 0.717) is 29.4 Å². The average Bonchev–Trinajstić information content (AvgIpc) is 3.01. The molecule has 2 rings (SSSR count). The van der Waals surface area contributed by atoms with Gasteiger partial charge in [-0.25, -0.2) is 0 Å². The van der Waals surface area contributed by atoms with E-state index in [1.165, 1.54) is 14.2 Å². The van der Waals surface area contributed by atoms with Crippen molar-refractivity contribution in [2.24, 2.45) is 0 Å². The summed E-state index contributed by atoms with van der Waals surface area (Å²) in [6.07, 6.45) is 4.02. The molecule has 1 aliphatic carbocycles. The molecule has 6 nitrogen and oxygen atoms in total. The quantitative estimate of drug-likeness (QED) is 0.834. The highest BCUT2D eigenvalue weighted by molar-refractivity contribution is 5.98. The number of hydrogen-bond acceptors (Lipinski definition) is 5. The van der Waals surface area contributed by atoms with Gasteiger partial charge in [-0.05, 0) is 25.0 Å². The predicted octanol–water partition coefficient (Wildman–Crippen LogP) is 2.40. The maximum atomic E-state index is 12.8. The van der Waals surface area contributed by atoms with E-state index in [9.17, 15) is 4.79 Å². The molecule has 1 aromatic rings. The van der Waals surface area contributed by atoms with Crippen LogP contribution in [0.3, 0.4) is 0 Å². The number of nitrogens with one attached hydrogen (secondary N) is 1. The summed E-state index contributed by atoms with van der Waals surface area (Å²) < 4.78 is 21.3. The molecule has 23 heavy (non-hydrogen) atoms. The van der Waals surface area contributed by atoms with Crippen molar-refractivity contribution in [3.05, 3.63) is 17.7 Å². The van der Waals surface area contributed by atoms with Crippen molar-refractivity contribution in [2.75, 3.05) is 35.0 Å². The normalized spacial score (nSPS) is 16.0. The van der Waals surface area contributed by atoms with Crippen molar-refractivity contribution < 1.29 is 23.7 Å². The minimum absolute atomic E-state index is 0.193. The third-order valence-corrected chi connectivity index (χ3v) is 4.31. The van der Waals surface area contributed by atoms with Gasteiger partial charge < -0.3 is 24.3 Å². The van der Waals surface area contributed by atoms with E-state index >= 15 is 0 Å². The summed E-state index contributed by atoms with van der Waals surface area (Å²) in [7, 11) is 6.23. The lowest BCUT2D eigenvalue weighted by atomic mass is 9.98. The number of hydrogen-bond donors (Lipinski definition) is 1. The van der Waals surface area contributed by atoms with E-state index in [1.807, 2.05) is 0 Å². The molecule has 0 atom stereocenters. The van der Waals surface area contributed by atoms with Crippen LogP contribution in [0.1, 0.15) is 36.0 Å². The first-order valence-electron chi connectivity index (χ1n) is 7.71. The number of carbonyl (C=O) groups is 1. The molecule has 1 saturated carbocycles. The fraction of sp³-hybridized carbons (Fsp3) is 0.588. The molecule has 0 bridgehead atoms. The number of methoxy groups -OCH3 is 4. The van der Waals surface area contributed by atoms with Gasteiger partial charge in [-0.2, -0.15) is 0 Å². The third kappa shape index (κ3) is 3.52. The lowest BCUT2D eigenvalue weighted by Crippen LogP contribution is -2.49. The molecule has 1 aromatic carbocycles. The van der Waals surface area contributed by atoms with Crippen LogP contribution in [0.25, 0.3) is 0 Å². The van der Waals surface area contributed by atoms with E-state index in [-0.39, 0.29) is 11.4 Å². The fourth-order valence-electron chi connectivity index (χ4n) is 3.22. The molecule has 0 spiro atoms. The Balaban J connectivity index is 2.31. The lowest BCUT2D eigenvalue weighted by Gasteiger charge is -2.30. The average molecular weight is 323 g/mol. The van der Waals surface area contributed by atoms with Crippen LogP contribution in [0.5, 0.6) is 17.2 Å². The Labute approximate surface area is 137 Å². The second kappa shape index (κ2) is 7.55. The first-order chi connectivity index (χ1) is 11.1. The van der Waals surface area contributed by atoms with Crippen molar-refractivity contribution >= 4 is 5.91 Å². The van der Waals surface area contributed by atoms with E-state index in [2.05, 4.69) is 5.32 Å². The number of benzene rings is 1. The highest BCUT2D eigenvalue weighted by Gasteiger charge is 2.36. The van der Waals surface area contributed by atoms with Crippen LogP contribution in [0, 0.1) is 0 Å². The first-order valence-corrected chi connectivity index (χ1v) is 7.71. The van der Waals surface area contributed by atoms with Crippen LogP contribution < -0.4 is 19.5 Å². The summed E-state index contributed by atoms with van der Waals surface area (Å²) in [5, 5.41) is 3.13. The number of amides is 1. The molecular weight excluding hydrogens is 298 g/mol. The van der Waals surface area contributed by atoms with Crippen LogP contribution in [0.15, 0.2) is 12.1 Å². The zero-order valence-corrected chi connectivity index (χ0v) is 14.2. The van der Waals surface area contributed by atoms with Crippen molar-refractivity contribution in [1.82, 2.24) is 5.32 Å². The minimum Gasteiger partial charge on any atom is -0.493 e. The highest BCUT2D eigenvalue weighted by atomic mass is 16.5. The van der Waals surface area contributed by atoms with Crippen molar-refractivity contribution in [3.8, 4) is 17.2 Å². The van der Waals surface area contributed by atoms with Crippen molar-refractivity contribution in [1.29, 1.82) is 0 Å². The van der Waals surface area contributed by atoms with E-state index in [0.717, 1.165) is 25.7 Å². The summed E-state index contributed by atoms with van der Waals surface area (Å²) in [6, 6.07) is 3.39. The standard InChI is InChI=1S/C17H25NO5/c1-20-11-17(9-5-6-10-17)18-16(19)12-7-8-13(21-2)15(23-4)14(12)22-3/h7-8H,5-6,9-11H2,1-4H3,(H,18,19). The maximum Gasteiger partial charge on any atom is 0.255 e. The Morgan fingerprint density at radius 1 is 1.04 bits per heavy atom. The highest BCUT2D eigenvalue weighted by Crippen LogP contribution is 2.40. The fourth-order valence-corrected chi connectivity index (χ4v) is 3.22. The molecule has 0 aromatic heterocycles. The summed E-state index contributed by atoms with van der Waals surface area (Å²) in [6.45, 7) is 0.508. The molecule has 0 aliphatic heterocycles. The van der Waals surface area contributed by atoms with Crippen molar-refractivity contribution in [3.63, 3.8) is 0 Å². The summed E-state index contributed by atoms with van der Waals surface area (Å²) in [5.74, 6) is 1.11. The Morgan fingerprint density at radius 2 is 1.70 bits per heavy atom. The molecule has 0 unspecified atom stereocenters. The minimum atomic E-state index is -0.302.